The Labute approximate surface area is 150 Å². The van der Waals surface area contributed by atoms with Gasteiger partial charge in [-0.3, -0.25) is 15.1 Å². The van der Waals surface area contributed by atoms with E-state index >= 15 is 0 Å². The summed E-state index contributed by atoms with van der Waals surface area (Å²) in [6.07, 6.45) is 3.51. The first-order chi connectivity index (χ1) is 12.7. The van der Waals surface area contributed by atoms with Crippen LogP contribution in [0.5, 0.6) is 0 Å². The Kier molecular flexibility index (Phi) is 4.03. The van der Waals surface area contributed by atoms with Crippen molar-refractivity contribution < 1.29 is 4.92 Å². The first kappa shape index (κ1) is 15.8. The van der Waals surface area contributed by atoms with Crippen LogP contribution in [0.1, 0.15) is 0 Å². The molecule has 4 aromatic rings. The number of H-pyrrole nitrogens is 1. The third kappa shape index (κ3) is 2.98. The molecule has 0 aliphatic rings. The van der Waals surface area contributed by atoms with Gasteiger partial charge in [0.05, 0.1) is 10.6 Å². The normalized spacial score (nSPS) is 10.6. The van der Waals surface area contributed by atoms with Gasteiger partial charge in [-0.15, -0.1) is 0 Å². The molecule has 0 aliphatic heterocycles. The Bertz CT molecular complexity index is 1000. The highest BCUT2D eigenvalue weighted by Gasteiger charge is 2.15. The fraction of sp³-hybridized carbons (Fsp3) is 0. The minimum absolute atomic E-state index is 0.0730. The summed E-state index contributed by atoms with van der Waals surface area (Å²) in [6, 6.07) is 22.6. The molecule has 5 heteroatoms. The first-order valence-electron chi connectivity index (χ1n) is 8.16. The maximum atomic E-state index is 11.1. The van der Waals surface area contributed by atoms with Crippen molar-refractivity contribution in [2.45, 2.75) is 0 Å². The van der Waals surface area contributed by atoms with Crippen molar-refractivity contribution in [2.24, 2.45) is 0 Å². The number of hydrogen-bond donors (Lipinski definition) is 1. The quantitative estimate of drug-likeness (QED) is 0.403. The van der Waals surface area contributed by atoms with Crippen molar-refractivity contribution in [1.82, 2.24) is 9.97 Å². The number of nitrogens with one attached hydrogen (secondary N) is 1. The summed E-state index contributed by atoms with van der Waals surface area (Å²) < 4.78 is 0. The third-order valence-corrected chi connectivity index (χ3v) is 4.24. The molecule has 2 aromatic heterocycles. The van der Waals surface area contributed by atoms with Crippen molar-refractivity contribution in [3.05, 3.63) is 95.3 Å². The molecule has 0 atom stereocenters. The molecule has 0 unspecified atom stereocenters. The van der Waals surface area contributed by atoms with Crippen molar-refractivity contribution in [3.8, 4) is 33.6 Å². The van der Waals surface area contributed by atoms with Crippen LogP contribution < -0.4 is 0 Å². The lowest BCUT2D eigenvalue weighted by Crippen LogP contribution is -1.88. The first-order valence-corrected chi connectivity index (χ1v) is 8.16. The highest BCUT2D eigenvalue weighted by atomic mass is 16.6. The molecule has 0 bridgehead atoms. The van der Waals surface area contributed by atoms with E-state index in [9.17, 15) is 10.1 Å². The molecule has 5 nitrogen and oxygen atoms in total. The second-order valence-electron chi connectivity index (χ2n) is 5.88. The topological polar surface area (TPSA) is 71.8 Å². The predicted octanol–water partition coefficient (Wildman–Crippen LogP) is 5.32. The van der Waals surface area contributed by atoms with Crippen LogP contribution in [0, 0.1) is 10.1 Å². The lowest BCUT2D eigenvalue weighted by atomic mass is 10.0. The molecular formula is C21H15N3O2. The Balaban J connectivity index is 1.89. The second kappa shape index (κ2) is 6.64. The van der Waals surface area contributed by atoms with Crippen LogP contribution in [0.2, 0.25) is 0 Å². The molecule has 0 aliphatic carbocycles. The molecule has 0 saturated carbocycles. The van der Waals surface area contributed by atoms with Gasteiger partial charge in [0.2, 0.25) is 0 Å². The predicted molar refractivity (Wildman–Crippen MR) is 102 cm³/mol. The number of nitrogens with zero attached hydrogens (tertiary/aromatic N) is 2. The zero-order valence-electron chi connectivity index (χ0n) is 13.8. The number of aromatic amines is 1. The summed E-state index contributed by atoms with van der Waals surface area (Å²) in [7, 11) is 0. The lowest BCUT2D eigenvalue weighted by molar-refractivity contribution is -0.384. The van der Waals surface area contributed by atoms with Crippen LogP contribution in [-0.4, -0.2) is 14.9 Å². The number of benzene rings is 2. The standard InChI is InChI=1S/C21H15N3O2/c25-24(26)18-8-4-7-17(13-18)20-14-19(15-9-11-22-12-10-15)21(23-20)16-5-2-1-3-6-16/h1-14,23H. The van der Waals surface area contributed by atoms with E-state index in [0.717, 1.165) is 33.6 Å². The zero-order valence-corrected chi connectivity index (χ0v) is 13.8. The summed E-state index contributed by atoms with van der Waals surface area (Å²) >= 11 is 0. The molecule has 0 fully saturated rings. The molecule has 4 rings (SSSR count). The van der Waals surface area contributed by atoms with E-state index in [2.05, 4.69) is 9.97 Å². The molecule has 2 heterocycles. The van der Waals surface area contributed by atoms with E-state index in [1.807, 2.05) is 54.6 Å². The van der Waals surface area contributed by atoms with Crippen molar-refractivity contribution in [1.29, 1.82) is 0 Å². The molecule has 0 saturated heterocycles. The van der Waals surface area contributed by atoms with Crippen LogP contribution in [0.3, 0.4) is 0 Å². The van der Waals surface area contributed by atoms with Crippen LogP contribution in [0.15, 0.2) is 85.2 Å². The smallest absolute Gasteiger partial charge is 0.270 e. The third-order valence-electron chi connectivity index (χ3n) is 4.24. The van der Waals surface area contributed by atoms with E-state index in [0.29, 0.717) is 0 Å². The Hall–Kier alpha value is -3.73. The fourth-order valence-corrected chi connectivity index (χ4v) is 2.99. The summed E-state index contributed by atoms with van der Waals surface area (Å²) in [5.41, 5.74) is 5.76. The van der Waals surface area contributed by atoms with Crippen molar-refractivity contribution in [3.63, 3.8) is 0 Å². The molecule has 126 valence electrons. The molecule has 26 heavy (non-hydrogen) atoms. The van der Waals surface area contributed by atoms with Gasteiger partial charge >= 0.3 is 0 Å². The lowest BCUT2D eigenvalue weighted by Gasteiger charge is -2.04. The van der Waals surface area contributed by atoms with Gasteiger partial charge in [0.1, 0.15) is 0 Å². The molecular weight excluding hydrogens is 326 g/mol. The number of pyridine rings is 1. The van der Waals surface area contributed by atoms with Crippen LogP contribution in [0.25, 0.3) is 33.6 Å². The minimum Gasteiger partial charge on any atom is -0.354 e. The van der Waals surface area contributed by atoms with Gasteiger partial charge in [-0.05, 0) is 29.3 Å². The van der Waals surface area contributed by atoms with Gasteiger partial charge in [-0.25, -0.2) is 0 Å². The zero-order chi connectivity index (χ0) is 17.9. The van der Waals surface area contributed by atoms with Gasteiger partial charge in [-0.2, -0.15) is 0 Å². The maximum Gasteiger partial charge on any atom is 0.270 e. The molecule has 0 spiro atoms. The second-order valence-corrected chi connectivity index (χ2v) is 5.88. The van der Waals surface area contributed by atoms with E-state index in [1.54, 1.807) is 24.5 Å². The SMILES string of the molecule is O=[N+]([O-])c1cccc(-c2cc(-c3ccncc3)c(-c3ccccc3)[nH]2)c1. The van der Waals surface area contributed by atoms with Gasteiger partial charge in [0.25, 0.3) is 5.69 Å². The van der Waals surface area contributed by atoms with Crippen LogP contribution in [-0.2, 0) is 0 Å². The number of nitro benzene ring substituents is 1. The van der Waals surface area contributed by atoms with Crippen molar-refractivity contribution >= 4 is 5.69 Å². The van der Waals surface area contributed by atoms with E-state index in [-0.39, 0.29) is 10.6 Å². The number of rotatable bonds is 4. The molecule has 0 amide bonds. The summed E-state index contributed by atoms with van der Waals surface area (Å²) in [5.74, 6) is 0. The van der Waals surface area contributed by atoms with Gasteiger partial charge in [0.15, 0.2) is 0 Å². The highest BCUT2D eigenvalue weighted by molar-refractivity contribution is 5.86. The molecule has 0 radical (unpaired) electrons. The Morgan fingerprint density at radius 2 is 1.54 bits per heavy atom. The Morgan fingerprint density at radius 1 is 0.808 bits per heavy atom. The number of non-ortho nitro benzene ring substituents is 1. The highest BCUT2D eigenvalue weighted by Crippen LogP contribution is 2.36. The number of aromatic nitrogens is 2. The minimum atomic E-state index is -0.381. The van der Waals surface area contributed by atoms with Crippen molar-refractivity contribution in [2.75, 3.05) is 0 Å². The number of hydrogen-bond acceptors (Lipinski definition) is 3. The average molecular weight is 341 g/mol. The molecule has 2 aromatic carbocycles. The van der Waals surface area contributed by atoms with Gasteiger partial charge < -0.3 is 4.98 Å². The number of nitro groups is 1. The van der Waals surface area contributed by atoms with E-state index in [4.69, 9.17) is 0 Å². The Morgan fingerprint density at radius 3 is 2.27 bits per heavy atom. The van der Waals surface area contributed by atoms with Crippen LogP contribution >= 0.6 is 0 Å². The monoisotopic (exact) mass is 341 g/mol. The average Bonchev–Trinajstić information content (AvgIpc) is 3.15. The maximum absolute atomic E-state index is 11.1. The van der Waals surface area contributed by atoms with Gasteiger partial charge in [0, 0.05) is 41.3 Å². The molecule has 1 N–H and O–H groups in total. The fourth-order valence-electron chi connectivity index (χ4n) is 2.99. The van der Waals surface area contributed by atoms with Gasteiger partial charge in [-0.1, -0.05) is 42.5 Å². The van der Waals surface area contributed by atoms with E-state index in [1.165, 1.54) is 6.07 Å². The summed E-state index contributed by atoms with van der Waals surface area (Å²) in [5, 5.41) is 11.1. The summed E-state index contributed by atoms with van der Waals surface area (Å²) in [6.45, 7) is 0. The largest absolute Gasteiger partial charge is 0.354 e. The van der Waals surface area contributed by atoms with Crippen LogP contribution in [0.4, 0.5) is 5.69 Å². The summed E-state index contributed by atoms with van der Waals surface area (Å²) in [4.78, 5) is 18.2. The van der Waals surface area contributed by atoms with E-state index < -0.39 is 0 Å².